The first-order valence-corrected chi connectivity index (χ1v) is 18.1. The zero-order valence-electron chi connectivity index (χ0n) is 28.0. The molecule has 5 aliphatic rings. The number of methoxy groups -OCH3 is 1. The van der Waals surface area contributed by atoms with Crippen molar-refractivity contribution in [3.05, 3.63) is 59.9 Å². The lowest BCUT2D eigenvalue weighted by atomic mass is 9.44. The average molecular weight is 600 g/mol. The third-order valence-electron chi connectivity index (χ3n) is 14.1. The molecule has 12 atom stereocenters. The largest absolute Gasteiger partial charge is 0.497 e. The van der Waals surface area contributed by atoms with E-state index in [-0.39, 0.29) is 0 Å². The fraction of sp³-hybridized carbons (Fsp3) is 0.725. The minimum atomic E-state index is 0.407. The highest BCUT2D eigenvalue weighted by molar-refractivity contribution is 5.26. The van der Waals surface area contributed by atoms with Crippen LogP contribution < -0.4 is 4.74 Å². The van der Waals surface area contributed by atoms with E-state index in [2.05, 4.69) is 56.9 Å². The van der Waals surface area contributed by atoms with Gasteiger partial charge in [0.05, 0.1) is 32.0 Å². The van der Waals surface area contributed by atoms with E-state index in [1.54, 1.807) is 7.11 Å². The molecule has 240 valence electrons. The Morgan fingerprint density at radius 1 is 0.955 bits per heavy atom. The Hall–Kier alpha value is -1.91. The number of rotatable bonds is 9. The van der Waals surface area contributed by atoms with Crippen LogP contribution in [0, 0.1) is 52.3 Å². The summed E-state index contributed by atoms with van der Waals surface area (Å²) in [6.07, 6.45) is 17.6. The second-order valence-corrected chi connectivity index (χ2v) is 16.3. The molecule has 1 aliphatic heterocycles. The second-order valence-electron chi connectivity index (χ2n) is 16.3. The Labute approximate surface area is 267 Å². The normalized spacial score (nSPS) is 41.7. The maximum atomic E-state index is 7.02. The molecule has 4 nitrogen and oxygen atoms in total. The molecule has 7 rings (SSSR count). The maximum Gasteiger partial charge on any atom is 0.118 e. The van der Waals surface area contributed by atoms with Gasteiger partial charge in [0.15, 0.2) is 0 Å². The van der Waals surface area contributed by atoms with Crippen LogP contribution in [-0.2, 0) is 22.5 Å². The molecule has 4 aliphatic carbocycles. The standard InChI is InChI=1S/C40H57NO3/c1-26(22-30-8-6-7-21-41-30)9-16-36-27(2)38-37(44-36)24-35-33-15-12-29-23-32(43-25-28-10-13-31(42-5)14-11-28)17-19-39(29,3)34(33)18-20-40(35,38)4/h6-8,10-11,13-14,21,26-27,29,32-38H,9,12,15-20,22-25H2,1-5H3/t26-,27+,29+,32-,33+,34-,35-,36+,37-,38-,39-,40-/m0/s1. The van der Waals surface area contributed by atoms with Gasteiger partial charge in [-0.15, -0.1) is 0 Å². The van der Waals surface area contributed by atoms with Crippen molar-refractivity contribution in [3.63, 3.8) is 0 Å². The molecular weight excluding hydrogens is 542 g/mol. The molecule has 1 aromatic carbocycles. The van der Waals surface area contributed by atoms with E-state index >= 15 is 0 Å². The van der Waals surface area contributed by atoms with Crippen LogP contribution in [-0.4, -0.2) is 30.4 Å². The third-order valence-corrected chi connectivity index (χ3v) is 14.1. The molecule has 2 aromatic rings. The summed E-state index contributed by atoms with van der Waals surface area (Å²) in [5.74, 6) is 6.44. The van der Waals surface area contributed by atoms with Gasteiger partial charge in [-0.05, 0) is 153 Å². The summed E-state index contributed by atoms with van der Waals surface area (Å²) in [5.41, 5.74) is 3.42. The molecule has 2 heterocycles. The molecule has 0 bridgehead atoms. The SMILES string of the molecule is COc1ccc(CO[C@H]2CC[C@@]3(C)[C@H](CC[C@@H]4[C@@H]3CC[C@]3(C)[C@H]5[C@H](C)[C@@H](CC[C@H](C)Cc6ccccn6)O[C@H]5C[C@@H]43)C2)cc1. The van der Waals surface area contributed by atoms with Gasteiger partial charge in [-0.3, -0.25) is 4.98 Å². The van der Waals surface area contributed by atoms with E-state index in [4.69, 9.17) is 14.2 Å². The van der Waals surface area contributed by atoms with Crippen LogP contribution in [0.3, 0.4) is 0 Å². The first-order chi connectivity index (χ1) is 21.3. The van der Waals surface area contributed by atoms with E-state index in [0.29, 0.717) is 41.0 Å². The minimum Gasteiger partial charge on any atom is -0.497 e. The molecule has 0 spiro atoms. The Morgan fingerprint density at radius 2 is 1.77 bits per heavy atom. The molecule has 1 saturated heterocycles. The molecule has 1 aromatic heterocycles. The molecular formula is C40H57NO3. The highest BCUT2D eigenvalue weighted by Crippen LogP contribution is 2.70. The van der Waals surface area contributed by atoms with Crippen molar-refractivity contribution >= 4 is 0 Å². The zero-order valence-corrected chi connectivity index (χ0v) is 28.0. The van der Waals surface area contributed by atoms with Crippen LogP contribution in [0.25, 0.3) is 0 Å². The van der Waals surface area contributed by atoms with Crippen molar-refractivity contribution in [2.24, 2.45) is 52.3 Å². The van der Waals surface area contributed by atoms with Crippen molar-refractivity contribution in [2.75, 3.05) is 7.11 Å². The number of pyridine rings is 1. The lowest BCUT2D eigenvalue weighted by Crippen LogP contribution is -2.54. The quantitative estimate of drug-likeness (QED) is 0.288. The maximum absolute atomic E-state index is 7.02. The number of hydrogen-bond donors (Lipinski definition) is 0. The zero-order chi connectivity index (χ0) is 30.5. The molecule has 5 fully saturated rings. The topological polar surface area (TPSA) is 40.6 Å². The monoisotopic (exact) mass is 599 g/mol. The number of nitrogens with zero attached hydrogens (tertiary/aromatic N) is 1. The predicted molar refractivity (Wildman–Crippen MR) is 176 cm³/mol. The number of ether oxygens (including phenoxy) is 3. The number of hydrogen-bond acceptors (Lipinski definition) is 4. The lowest BCUT2D eigenvalue weighted by Gasteiger charge is -2.61. The van der Waals surface area contributed by atoms with E-state index in [9.17, 15) is 0 Å². The smallest absolute Gasteiger partial charge is 0.118 e. The van der Waals surface area contributed by atoms with Crippen molar-refractivity contribution in [2.45, 2.75) is 123 Å². The molecule has 44 heavy (non-hydrogen) atoms. The summed E-state index contributed by atoms with van der Waals surface area (Å²) in [5, 5.41) is 0. The van der Waals surface area contributed by atoms with Gasteiger partial charge >= 0.3 is 0 Å². The Bertz CT molecular complexity index is 1250. The molecule has 4 saturated carbocycles. The Kier molecular flexibility index (Phi) is 8.63. The summed E-state index contributed by atoms with van der Waals surface area (Å²) >= 11 is 0. The van der Waals surface area contributed by atoms with Gasteiger partial charge in [0.25, 0.3) is 0 Å². The number of aromatic nitrogens is 1. The van der Waals surface area contributed by atoms with Gasteiger partial charge in [-0.25, -0.2) is 0 Å². The van der Waals surface area contributed by atoms with Gasteiger partial charge in [0.2, 0.25) is 0 Å². The van der Waals surface area contributed by atoms with Crippen LogP contribution in [0.1, 0.15) is 103 Å². The summed E-state index contributed by atoms with van der Waals surface area (Å²) in [6.45, 7) is 11.0. The highest BCUT2D eigenvalue weighted by atomic mass is 16.5. The van der Waals surface area contributed by atoms with Crippen LogP contribution >= 0.6 is 0 Å². The number of fused-ring (bicyclic) bond motifs is 7. The van der Waals surface area contributed by atoms with E-state index in [1.807, 2.05) is 24.4 Å². The highest BCUT2D eigenvalue weighted by Gasteiger charge is 2.65. The molecule has 4 heteroatoms. The summed E-state index contributed by atoms with van der Waals surface area (Å²) in [6, 6.07) is 14.7. The van der Waals surface area contributed by atoms with Crippen molar-refractivity contribution < 1.29 is 14.2 Å². The average Bonchev–Trinajstić information content (AvgIpc) is 3.52. The van der Waals surface area contributed by atoms with Crippen LogP contribution in [0.4, 0.5) is 0 Å². The van der Waals surface area contributed by atoms with Crippen molar-refractivity contribution in [1.29, 1.82) is 0 Å². The Balaban J connectivity index is 0.947. The van der Waals surface area contributed by atoms with Gasteiger partial charge in [-0.2, -0.15) is 0 Å². The van der Waals surface area contributed by atoms with Crippen molar-refractivity contribution in [3.8, 4) is 5.75 Å². The van der Waals surface area contributed by atoms with Gasteiger partial charge < -0.3 is 14.2 Å². The lowest BCUT2D eigenvalue weighted by molar-refractivity contribution is -0.139. The summed E-state index contributed by atoms with van der Waals surface area (Å²) in [7, 11) is 1.73. The predicted octanol–water partition coefficient (Wildman–Crippen LogP) is 9.31. The number of benzene rings is 1. The fourth-order valence-corrected chi connectivity index (χ4v) is 11.7. The first-order valence-electron chi connectivity index (χ1n) is 18.1. The van der Waals surface area contributed by atoms with E-state index < -0.39 is 0 Å². The third kappa shape index (κ3) is 5.55. The fourth-order valence-electron chi connectivity index (χ4n) is 11.7. The molecule has 0 unspecified atom stereocenters. The first kappa shape index (κ1) is 30.7. The summed E-state index contributed by atoms with van der Waals surface area (Å²) < 4.78 is 18.9. The molecule has 0 amide bonds. The van der Waals surface area contributed by atoms with Gasteiger partial charge in [-0.1, -0.05) is 45.9 Å². The summed E-state index contributed by atoms with van der Waals surface area (Å²) in [4.78, 5) is 4.56. The van der Waals surface area contributed by atoms with E-state index in [1.165, 1.54) is 75.5 Å². The van der Waals surface area contributed by atoms with Gasteiger partial charge in [0.1, 0.15) is 5.75 Å². The molecule has 0 N–H and O–H groups in total. The van der Waals surface area contributed by atoms with Crippen molar-refractivity contribution in [1.82, 2.24) is 4.98 Å². The van der Waals surface area contributed by atoms with Gasteiger partial charge in [0, 0.05) is 11.9 Å². The Morgan fingerprint density at radius 3 is 2.55 bits per heavy atom. The van der Waals surface area contributed by atoms with Crippen LogP contribution in [0.15, 0.2) is 48.7 Å². The minimum absolute atomic E-state index is 0.407. The van der Waals surface area contributed by atoms with Crippen LogP contribution in [0.5, 0.6) is 5.75 Å². The van der Waals surface area contributed by atoms with E-state index in [0.717, 1.165) is 48.4 Å². The van der Waals surface area contributed by atoms with Crippen LogP contribution in [0.2, 0.25) is 0 Å². The second kappa shape index (κ2) is 12.4. The molecule has 0 radical (unpaired) electrons.